The van der Waals surface area contributed by atoms with Crippen molar-refractivity contribution in [1.82, 2.24) is 19.4 Å². The number of hydrogen-bond acceptors (Lipinski definition) is 4. The molecular weight excluding hydrogens is 436 g/mol. The van der Waals surface area contributed by atoms with Gasteiger partial charge in [-0.25, -0.2) is 4.98 Å². The number of carbonyl (C=O) groups is 2. The molecule has 4 aromatic rings. The molecule has 0 spiro atoms. The van der Waals surface area contributed by atoms with Crippen molar-refractivity contribution >= 4 is 33.6 Å². The molecule has 1 aromatic heterocycles. The van der Waals surface area contributed by atoms with Gasteiger partial charge >= 0.3 is 0 Å². The van der Waals surface area contributed by atoms with Gasteiger partial charge in [0.05, 0.1) is 17.4 Å². The van der Waals surface area contributed by atoms with E-state index in [2.05, 4.69) is 22.8 Å². The number of imidazole rings is 1. The fourth-order valence-corrected chi connectivity index (χ4v) is 5.75. The molecule has 1 aliphatic heterocycles. The summed E-state index contributed by atoms with van der Waals surface area (Å²) in [5.74, 6) is -0.428. The minimum atomic E-state index is -0.214. The molecular formula is C29H30N4O2. The van der Waals surface area contributed by atoms with Crippen LogP contribution in [0.1, 0.15) is 58.9 Å². The number of fused-ring (bicyclic) bond motifs is 1. The molecule has 2 heterocycles. The van der Waals surface area contributed by atoms with Crippen molar-refractivity contribution in [1.29, 1.82) is 0 Å². The van der Waals surface area contributed by atoms with Crippen molar-refractivity contribution in [3.05, 3.63) is 66.0 Å². The highest BCUT2D eigenvalue weighted by Gasteiger charge is 2.33. The molecule has 3 aromatic carbocycles. The third-order valence-corrected chi connectivity index (χ3v) is 7.62. The fraction of sp³-hybridized carbons (Fsp3) is 0.345. The van der Waals surface area contributed by atoms with Crippen LogP contribution in [0.3, 0.4) is 0 Å². The third-order valence-electron chi connectivity index (χ3n) is 7.62. The SMILES string of the molecule is CN(C)CCN1C(=O)c2cccc3c(-c4ccc5c(c4)ncn5C4CCCCC4)ccc(c23)C1=O. The van der Waals surface area contributed by atoms with Crippen molar-refractivity contribution < 1.29 is 9.59 Å². The minimum Gasteiger partial charge on any atom is -0.327 e. The molecule has 0 bridgehead atoms. The number of amides is 2. The summed E-state index contributed by atoms with van der Waals surface area (Å²) in [5, 5.41) is 1.69. The summed E-state index contributed by atoms with van der Waals surface area (Å²) in [6, 6.07) is 16.6. The van der Waals surface area contributed by atoms with Crippen molar-refractivity contribution in [3.63, 3.8) is 0 Å². The number of hydrogen-bond donors (Lipinski definition) is 0. The molecule has 6 rings (SSSR count). The van der Waals surface area contributed by atoms with Gasteiger partial charge in [0, 0.05) is 35.6 Å². The third kappa shape index (κ3) is 3.64. The lowest BCUT2D eigenvalue weighted by Gasteiger charge is -2.28. The zero-order valence-corrected chi connectivity index (χ0v) is 20.3. The second kappa shape index (κ2) is 8.61. The standard InChI is InChI=1S/C29H30N4O2/c1-31(2)15-16-32-28(34)23-10-6-9-22-21(12-13-24(27(22)23)29(32)35)19-11-14-26-25(17-19)30-18-33(26)20-7-4-3-5-8-20/h6,9-14,17-18,20H,3-5,7-8,15-16H2,1-2H3. The van der Waals surface area contributed by atoms with E-state index in [1.54, 1.807) is 0 Å². The van der Waals surface area contributed by atoms with Gasteiger partial charge in [0.1, 0.15) is 0 Å². The van der Waals surface area contributed by atoms with Crippen LogP contribution in [0, 0.1) is 0 Å². The van der Waals surface area contributed by atoms with Crippen molar-refractivity contribution in [2.45, 2.75) is 38.1 Å². The number of nitrogens with zero attached hydrogens (tertiary/aromatic N) is 4. The van der Waals surface area contributed by atoms with Gasteiger partial charge in [-0.05, 0) is 67.7 Å². The van der Waals surface area contributed by atoms with Gasteiger partial charge in [0.25, 0.3) is 11.8 Å². The molecule has 6 heteroatoms. The monoisotopic (exact) mass is 466 g/mol. The lowest BCUT2D eigenvalue weighted by atomic mass is 9.89. The van der Waals surface area contributed by atoms with Gasteiger partial charge in [-0.2, -0.15) is 0 Å². The van der Waals surface area contributed by atoms with E-state index in [1.807, 2.05) is 55.7 Å². The topological polar surface area (TPSA) is 58.4 Å². The van der Waals surface area contributed by atoms with Gasteiger partial charge in [0.15, 0.2) is 0 Å². The number of carbonyl (C=O) groups excluding carboxylic acids is 2. The quantitative estimate of drug-likeness (QED) is 0.364. The molecule has 2 aliphatic rings. The van der Waals surface area contributed by atoms with Crippen LogP contribution in [0.5, 0.6) is 0 Å². The van der Waals surface area contributed by atoms with E-state index in [1.165, 1.54) is 42.5 Å². The summed E-state index contributed by atoms with van der Waals surface area (Å²) in [5.41, 5.74) is 5.41. The van der Waals surface area contributed by atoms with E-state index in [0.29, 0.717) is 30.3 Å². The average Bonchev–Trinajstić information content (AvgIpc) is 3.30. The lowest BCUT2D eigenvalue weighted by Crippen LogP contribution is -2.43. The summed E-state index contributed by atoms with van der Waals surface area (Å²) in [6.07, 6.45) is 8.32. The highest BCUT2D eigenvalue weighted by atomic mass is 16.2. The molecule has 6 nitrogen and oxygen atoms in total. The van der Waals surface area contributed by atoms with Crippen molar-refractivity contribution in [2.24, 2.45) is 0 Å². The Hall–Kier alpha value is -3.51. The highest BCUT2D eigenvalue weighted by molar-refractivity contribution is 6.27. The van der Waals surface area contributed by atoms with Gasteiger partial charge in [-0.3, -0.25) is 14.5 Å². The van der Waals surface area contributed by atoms with E-state index >= 15 is 0 Å². The number of imide groups is 1. The first-order chi connectivity index (χ1) is 17.0. The molecule has 1 saturated carbocycles. The fourth-order valence-electron chi connectivity index (χ4n) is 5.75. The van der Waals surface area contributed by atoms with Gasteiger partial charge in [-0.1, -0.05) is 43.5 Å². The first-order valence-corrected chi connectivity index (χ1v) is 12.6. The predicted molar refractivity (Wildman–Crippen MR) is 139 cm³/mol. The normalized spacial score (nSPS) is 16.7. The molecule has 1 fully saturated rings. The smallest absolute Gasteiger partial charge is 0.261 e. The summed E-state index contributed by atoms with van der Waals surface area (Å²) in [4.78, 5) is 34.6. The summed E-state index contributed by atoms with van der Waals surface area (Å²) < 4.78 is 2.34. The van der Waals surface area contributed by atoms with Crippen molar-refractivity contribution in [3.8, 4) is 11.1 Å². The molecule has 0 unspecified atom stereocenters. The maximum atomic E-state index is 13.3. The second-order valence-corrected chi connectivity index (χ2v) is 10.1. The molecule has 178 valence electrons. The van der Waals surface area contributed by atoms with Crippen molar-refractivity contribution in [2.75, 3.05) is 27.2 Å². The Labute approximate surface area is 205 Å². The first-order valence-electron chi connectivity index (χ1n) is 12.6. The van der Waals surface area contributed by atoms with Crippen LogP contribution in [-0.2, 0) is 0 Å². The van der Waals surface area contributed by atoms with Crippen LogP contribution >= 0.6 is 0 Å². The zero-order chi connectivity index (χ0) is 24.1. The van der Waals surface area contributed by atoms with E-state index in [9.17, 15) is 9.59 Å². The summed E-state index contributed by atoms with van der Waals surface area (Å²) >= 11 is 0. The Balaban J connectivity index is 1.42. The lowest BCUT2D eigenvalue weighted by molar-refractivity contribution is 0.0601. The van der Waals surface area contributed by atoms with Gasteiger partial charge in [0.2, 0.25) is 0 Å². The van der Waals surface area contributed by atoms with Crippen LogP contribution in [0.15, 0.2) is 54.9 Å². The van der Waals surface area contributed by atoms with E-state index in [0.717, 1.165) is 27.4 Å². The molecule has 0 atom stereocenters. The Morgan fingerprint density at radius 2 is 1.66 bits per heavy atom. The molecule has 2 amide bonds. The van der Waals surface area contributed by atoms with Crippen LogP contribution in [0.4, 0.5) is 0 Å². The number of benzene rings is 3. The van der Waals surface area contributed by atoms with Crippen LogP contribution in [-0.4, -0.2) is 58.4 Å². The highest BCUT2D eigenvalue weighted by Crippen LogP contribution is 2.38. The molecule has 0 saturated heterocycles. The second-order valence-electron chi connectivity index (χ2n) is 10.1. The maximum Gasteiger partial charge on any atom is 0.261 e. The van der Waals surface area contributed by atoms with Gasteiger partial charge in [-0.15, -0.1) is 0 Å². The predicted octanol–water partition coefficient (Wildman–Crippen LogP) is 5.52. The Morgan fingerprint density at radius 3 is 2.43 bits per heavy atom. The Morgan fingerprint density at radius 1 is 0.914 bits per heavy atom. The first kappa shape index (κ1) is 22.0. The maximum absolute atomic E-state index is 13.3. The average molecular weight is 467 g/mol. The largest absolute Gasteiger partial charge is 0.327 e. The van der Waals surface area contributed by atoms with Crippen LogP contribution < -0.4 is 0 Å². The Kier molecular flexibility index (Phi) is 5.41. The number of likely N-dealkylation sites (N-methyl/N-ethyl adjacent to an activating group) is 1. The molecule has 0 radical (unpaired) electrons. The molecule has 1 aliphatic carbocycles. The molecule has 0 N–H and O–H groups in total. The van der Waals surface area contributed by atoms with Crippen LogP contribution in [0.2, 0.25) is 0 Å². The van der Waals surface area contributed by atoms with Gasteiger partial charge < -0.3 is 9.47 Å². The number of rotatable bonds is 5. The zero-order valence-electron chi connectivity index (χ0n) is 20.3. The summed E-state index contributed by atoms with van der Waals surface area (Å²) in [6.45, 7) is 1.01. The minimum absolute atomic E-state index is 0.214. The summed E-state index contributed by atoms with van der Waals surface area (Å²) in [7, 11) is 3.88. The molecule has 35 heavy (non-hydrogen) atoms. The van der Waals surface area contributed by atoms with E-state index < -0.39 is 0 Å². The van der Waals surface area contributed by atoms with Crippen LogP contribution in [0.25, 0.3) is 32.9 Å². The number of aromatic nitrogens is 2. The van der Waals surface area contributed by atoms with E-state index in [4.69, 9.17) is 4.98 Å². The van der Waals surface area contributed by atoms with E-state index in [-0.39, 0.29) is 11.8 Å². The Bertz CT molecular complexity index is 1440.